The summed E-state index contributed by atoms with van der Waals surface area (Å²) in [5, 5.41) is 33.8. The van der Waals surface area contributed by atoms with Crippen molar-refractivity contribution in [3.05, 3.63) is 217 Å². The maximum absolute atomic E-state index is 13.3. The largest absolute Gasteiger partial charge is 0.504 e. The summed E-state index contributed by atoms with van der Waals surface area (Å²) in [5.41, 5.74) is 5.67. The van der Waals surface area contributed by atoms with E-state index >= 15 is 0 Å². The number of nitrogens with zero attached hydrogens (tertiary/aromatic N) is 4. The van der Waals surface area contributed by atoms with Crippen LogP contribution in [0.25, 0.3) is 6.08 Å². The first kappa shape index (κ1) is 95.3. The summed E-state index contributed by atoms with van der Waals surface area (Å²) in [6, 6.07) is 45.3. The van der Waals surface area contributed by atoms with Gasteiger partial charge in [0, 0.05) is 71.6 Å². The standard InChI is InChI=1S/C26H30N2O7.C16H21NO3.C14H17NO4.C13H15NO2.C13H16O3.C8H8O3.C5H9Br/c1-33-23-12-11-19(14-24(23)35-22-9-5-6-10-22)20(16-27(31)32)15-25(29)28-21(17-34-26(28)30)13-18-7-3-2-4-8-18;1-19-14-7-6-11(12-9-16(18)17-10-12)8-15(14)20-13-4-2-3-5-13;1-18-13-7-6-11(8-9-15(16)17)10-14(13)19-12-4-2-3-5-12;1-10(15)14-12(7-8-13(14)16)9-11-5-3-2-4-6-11;1-15-12-7-6-10(9-14)8-13(12)16-11-4-2-3-5-11;1-11-8-3-2-6(5-9)4-7(8)10;6-5-3-1-2-4-5/h2-4,7-8,11-12,14,20-22H,5-6,9-10,13,15-17H2,1H3;6-8,12-13H,2-5,9-10H2,1H3,(H,17,18);6-10,12H,2-5H2,1H3;2-6,12H,7-9H2,1H3;6-9,11H,2-5H2,1H3;2-5,10H,1H3;5H,1-4H2/b;;9-8+;;;;/t20-,21+;12-;;12-;;;/m00.0.../s1. The first-order valence-corrected chi connectivity index (χ1v) is 43.4. The molecule has 2 N–H and O–H groups in total. The van der Waals surface area contributed by atoms with E-state index in [0.29, 0.717) is 95.1 Å². The molecule has 5 saturated carbocycles. The van der Waals surface area contributed by atoms with Crippen LogP contribution in [-0.4, -0.2) is 164 Å². The Labute approximate surface area is 728 Å². The highest BCUT2D eigenvalue weighted by Crippen LogP contribution is 2.40. The molecule has 4 atom stereocenters. The molecule has 0 spiro atoms. The van der Waals surface area contributed by atoms with Gasteiger partial charge in [-0.05, 0) is 235 Å². The SMILES string of the molecule is BrC1CCCC1.CC(=O)N1C(=O)CC[C@H]1Cc1ccccc1.COc1ccc(/C=C/[N+](=O)[O-])cc1OC1CCCC1.COc1ccc(C=O)cc1O.COc1ccc(C=O)cc1OC1CCCC1.COc1ccc([C@@H](CC(=O)N2C(=O)OC[C@H]2Cc2ccccc2)C[N+](=O)[O-])cc1OC1CCCC1.COc1ccc([C@@H]2CNC(=O)C2)cc1OC1CCCC1. The lowest BCUT2D eigenvalue weighted by Gasteiger charge is -2.23. The van der Waals surface area contributed by atoms with Crippen LogP contribution in [0.4, 0.5) is 4.79 Å². The monoisotopic (exact) mass is 1760 g/mol. The van der Waals surface area contributed by atoms with Crippen LogP contribution in [0.15, 0.2) is 158 Å². The van der Waals surface area contributed by atoms with E-state index in [1.807, 2.05) is 78.9 Å². The van der Waals surface area contributed by atoms with E-state index in [2.05, 4.69) is 21.2 Å². The number of ether oxygens (including phenoxy) is 10. The number of phenolic OH excluding ortho intramolecular Hbond substituents is 1. The zero-order valence-electron chi connectivity index (χ0n) is 71.1. The van der Waals surface area contributed by atoms with Crippen molar-refractivity contribution in [3.8, 4) is 57.5 Å². The molecule has 5 amide bonds. The number of aldehydes is 2. The van der Waals surface area contributed by atoms with Crippen molar-refractivity contribution in [3.63, 3.8) is 0 Å². The van der Waals surface area contributed by atoms with Gasteiger partial charge in [0.1, 0.15) is 19.2 Å². The lowest BCUT2D eigenvalue weighted by molar-refractivity contribution is -0.483. The second kappa shape index (κ2) is 50.1. The number of imide groups is 2. The van der Waals surface area contributed by atoms with E-state index in [1.54, 1.807) is 95.2 Å². The van der Waals surface area contributed by atoms with E-state index < -0.39 is 40.4 Å². The third kappa shape index (κ3) is 30.5. The van der Waals surface area contributed by atoms with Gasteiger partial charge in [-0.15, -0.1) is 0 Å². The first-order valence-electron chi connectivity index (χ1n) is 42.5. The fourth-order valence-corrected chi connectivity index (χ4v) is 16.7. The van der Waals surface area contributed by atoms with Crippen LogP contribution in [0, 0.1) is 20.2 Å². The number of phenols is 1. The Morgan fingerprint density at radius 3 is 1.39 bits per heavy atom. The lowest BCUT2D eigenvalue weighted by Crippen LogP contribution is -2.41. The maximum Gasteiger partial charge on any atom is 0.416 e. The third-order valence-corrected chi connectivity index (χ3v) is 23.4. The number of benzene rings is 7. The Kier molecular flexibility index (Phi) is 38.8. The molecule has 0 radical (unpaired) electrons. The smallest absolute Gasteiger partial charge is 0.416 e. The number of amides is 5. The number of rotatable bonds is 27. The maximum atomic E-state index is 13.3. The number of carbonyl (C=O) groups is 7. The van der Waals surface area contributed by atoms with E-state index in [9.17, 15) is 53.8 Å². The first-order chi connectivity index (χ1) is 59.6. The molecule has 3 aliphatic heterocycles. The highest BCUT2D eigenvalue weighted by molar-refractivity contribution is 9.09. The Bertz CT molecular complexity index is 4600. The highest BCUT2D eigenvalue weighted by Gasteiger charge is 2.40. The molecule has 7 aromatic rings. The Morgan fingerprint density at radius 2 is 0.959 bits per heavy atom. The molecule has 15 rings (SSSR count). The number of cyclic esters (lactones) is 1. The Hall–Kier alpha value is -11.6. The predicted molar refractivity (Wildman–Crippen MR) is 469 cm³/mol. The Balaban J connectivity index is 0.000000171. The fourth-order valence-electron chi connectivity index (χ4n) is 16.0. The fraction of sp³-hybridized carbons (Fsp3) is 0.463. The van der Waals surface area contributed by atoms with Gasteiger partial charge in [0.25, 0.3) is 0 Å². The quantitative estimate of drug-likeness (QED) is 0.0209. The van der Waals surface area contributed by atoms with Crippen molar-refractivity contribution in [2.75, 3.05) is 55.2 Å². The number of likely N-dealkylation sites (tertiary alicyclic amines) is 1. The normalized spacial score (nSPS) is 18.3. The van der Waals surface area contributed by atoms with E-state index in [0.717, 1.165) is 127 Å². The molecule has 8 fully saturated rings. The molecule has 7 aromatic carbocycles. The molecular weight excluding hydrogens is 1640 g/mol. The number of nitrogens with one attached hydrogen (secondary N) is 1. The molecule has 123 heavy (non-hydrogen) atoms. The zero-order chi connectivity index (χ0) is 88.0. The van der Waals surface area contributed by atoms with Gasteiger partial charge < -0.3 is 57.8 Å². The van der Waals surface area contributed by atoms with E-state index in [-0.39, 0.29) is 66.8 Å². The number of aromatic hydroxyl groups is 1. The van der Waals surface area contributed by atoms with Crippen LogP contribution in [-0.2, 0) is 36.8 Å². The summed E-state index contributed by atoms with van der Waals surface area (Å²) in [5.74, 6) is 4.66. The van der Waals surface area contributed by atoms with Gasteiger partial charge in [0.15, 0.2) is 57.5 Å². The predicted octanol–water partition coefficient (Wildman–Crippen LogP) is 18.4. The third-order valence-electron chi connectivity index (χ3n) is 22.5. The van der Waals surface area contributed by atoms with Crippen molar-refractivity contribution >= 4 is 64.3 Å². The minimum Gasteiger partial charge on any atom is -0.504 e. The van der Waals surface area contributed by atoms with Gasteiger partial charge in [-0.2, -0.15) is 0 Å². The summed E-state index contributed by atoms with van der Waals surface area (Å²) < 4.78 is 55.2. The summed E-state index contributed by atoms with van der Waals surface area (Å²) in [4.78, 5) is 105. The molecule has 3 saturated heterocycles. The number of hydrogen-bond acceptors (Lipinski definition) is 22. The van der Waals surface area contributed by atoms with Gasteiger partial charge >= 0.3 is 6.09 Å². The molecule has 0 unspecified atom stereocenters. The number of nitro groups is 2. The minimum absolute atomic E-state index is 0.0166. The molecule has 660 valence electrons. The number of halogens is 1. The van der Waals surface area contributed by atoms with Gasteiger partial charge in [-0.3, -0.25) is 53.9 Å². The van der Waals surface area contributed by atoms with Gasteiger partial charge in [-0.25, -0.2) is 9.69 Å². The van der Waals surface area contributed by atoms with Gasteiger partial charge in [-0.1, -0.05) is 108 Å². The van der Waals surface area contributed by atoms with Gasteiger partial charge in [0.05, 0.1) is 76.8 Å². The number of hydrogen-bond donors (Lipinski definition) is 2. The topological polar surface area (TPSA) is 337 Å². The molecule has 28 heteroatoms. The van der Waals surface area contributed by atoms with Crippen molar-refractivity contribution < 1.29 is 95.9 Å². The lowest BCUT2D eigenvalue weighted by atomic mass is 9.94. The van der Waals surface area contributed by atoms with Crippen LogP contribution >= 0.6 is 15.9 Å². The highest BCUT2D eigenvalue weighted by atomic mass is 79.9. The number of carbonyl (C=O) groups excluding carboxylic acids is 7. The van der Waals surface area contributed by atoms with E-state index in [4.69, 9.17) is 52.5 Å². The average Bonchev–Trinajstić information content (AvgIpc) is 1.63. The average molecular weight is 1760 g/mol. The van der Waals surface area contributed by atoms with Crippen molar-refractivity contribution in [2.45, 2.75) is 227 Å². The molecule has 0 aromatic heterocycles. The molecule has 5 aliphatic carbocycles. The van der Waals surface area contributed by atoms with E-state index in [1.165, 1.54) is 101 Å². The van der Waals surface area contributed by atoms with Crippen LogP contribution in [0.5, 0.6) is 57.5 Å². The zero-order valence-corrected chi connectivity index (χ0v) is 72.7. The van der Waals surface area contributed by atoms with Crippen LogP contribution in [0.1, 0.15) is 221 Å². The number of alkyl halides is 1. The van der Waals surface area contributed by atoms with Gasteiger partial charge in [0.2, 0.25) is 36.4 Å². The molecule has 0 bridgehead atoms. The summed E-state index contributed by atoms with van der Waals surface area (Å²) in [6.45, 7) is 1.82. The summed E-state index contributed by atoms with van der Waals surface area (Å²) in [7, 11) is 7.86. The van der Waals surface area contributed by atoms with Crippen molar-refractivity contribution in [1.82, 2.24) is 15.1 Å². The second-order valence-corrected chi connectivity index (χ2v) is 32.7. The molecule has 8 aliphatic rings. The van der Waals surface area contributed by atoms with Crippen molar-refractivity contribution in [2.24, 2.45) is 0 Å². The molecule has 3 heterocycles. The molecule has 27 nitrogen and oxygen atoms in total. The summed E-state index contributed by atoms with van der Waals surface area (Å²) in [6.07, 6.45) is 30.5. The summed E-state index contributed by atoms with van der Waals surface area (Å²) >= 11 is 3.54. The molecular formula is C95H116BrN5O22. The number of methoxy groups -OCH3 is 5. The van der Waals surface area contributed by atoms with Crippen LogP contribution < -0.4 is 47.9 Å². The Morgan fingerprint density at radius 1 is 0.528 bits per heavy atom. The van der Waals surface area contributed by atoms with Crippen molar-refractivity contribution in [1.29, 1.82) is 0 Å². The van der Waals surface area contributed by atoms with Crippen LogP contribution in [0.2, 0.25) is 0 Å². The second-order valence-electron chi connectivity index (χ2n) is 31.4. The van der Waals surface area contributed by atoms with Crippen LogP contribution in [0.3, 0.4) is 0 Å². The minimum atomic E-state index is -0.736.